The lowest BCUT2D eigenvalue weighted by atomic mass is 10.1. The average molecular weight is 338 g/mol. The summed E-state index contributed by atoms with van der Waals surface area (Å²) in [6.07, 6.45) is 3.10. The van der Waals surface area contributed by atoms with Crippen LogP contribution in [0.1, 0.15) is 29.0 Å². The molecule has 0 bridgehead atoms. The predicted molar refractivity (Wildman–Crippen MR) is 77.2 cm³/mol. The lowest BCUT2D eigenvalue weighted by Gasteiger charge is -2.12. The van der Waals surface area contributed by atoms with E-state index in [4.69, 9.17) is 0 Å². The molecule has 0 spiro atoms. The largest absolute Gasteiger partial charge is 0.320 e. The molecule has 104 valence electrons. The number of amides is 1. The van der Waals surface area contributed by atoms with Crippen LogP contribution >= 0.6 is 15.9 Å². The smallest absolute Gasteiger partial charge is 0.277 e. The Balaban J connectivity index is 1.86. The lowest BCUT2D eigenvalue weighted by Crippen LogP contribution is -2.14. The Bertz CT molecular complexity index is 668. The maximum Gasteiger partial charge on any atom is 0.277 e. The Labute approximate surface area is 124 Å². The number of rotatable bonds is 2. The molecule has 0 atom stereocenters. The van der Waals surface area contributed by atoms with Crippen molar-refractivity contribution in [2.24, 2.45) is 0 Å². The van der Waals surface area contributed by atoms with Gasteiger partial charge in [0.25, 0.3) is 5.91 Å². The molecule has 1 amide bonds. The van der Waals surface area contributed by atoms with E-state index in [-0.39, 0.29) is 11.7 Å². The van der Waals surface area contributed by atoms with Crippen molar-refractivity contribution < 1.29 is 9.18 Å². The minimum absolute atomic E-state index is 0.329. The van der Waals surface area contributed by atoms with Crippen LogP contribution in [0.25, 0.3) is 0 Å². The Morgan fingerprint density at radius 2 is 2.25 bits per heavy atom. The molecular formula is C14H13BrFN3O. The van der Waals surface area contributed by atoms with Crippen LogP contribution in [0.4, 0.5) is 10.1 Å². The van der Waals surface area contributed by atoms with Crippen molar-refractivity contribution in [2.75, 3.05) is 5.32 Å². The van der Waals surface area contributed by atoms with Crippen LogP contribution < -0.4 is 5.32 Å². The van der Waals surface area contributed by atoms with Crippen molar-refractivity contribution in [1.29, 1.82) is 0 Å². The number of aryl methyl sites for hydroxylation is 1. The van der Waals surface area contributed by atoms with Crippen molar-refractivity contribution in [2.45, 2.75) is 25.8 Å². The van der Waals surface area contributed by atoms with E-state index < -0.39 is 0 Å². The van der Waals surface area contributed by atoms with E-state index in [1.54, 1.807) is 12.1 Å². The number of benzene rings is 1. The molecule has 20 heavy (non-hydrogen) atoms. The molecule has 0 saturated carbocycles. The number of hydrogen-bond acceptors (Lipinski definition) is 2. The van der Waals surface area contributed by atoms with Crippen LogP contribution in [0.15, 0.2) is 28.7 Å². The summed E-state index contributed by atoms with van der Waals surface area (Å²) in [5.74, 6) is -0.713. The first-order valence-electron chi connectivity index (χ1n) is 6.47. The number of anilines is 1. The quantitative estimate of drug-likeness (QED) is 0.913. The molecule has 0 unspecified atom stereocenters. The fourth-order valence-corrected chi connectivity index (χ4v) is 3.02. The first-order chi connectivity index (χ1) is 9.65. The molecule has 0 aliphatic carbocycles. The molecule has 1 N–H and O–H groups in total. The second-order valence-electron chi connectivity index (χ2n) is 4.75. The zero-order valence-electron chi connectivity index (χ0n) is 10.7. The van der Waals surface area contributed by atoms with Crippen molar-refractivity contribution in [3.05, 3.63) is 45.9 Å². The van der Waals surface area contributed by atoms with Crippen LogP contribution in [0.5, 0.6) is 0 Å². The SMILES string of the molecule is O=C(Nc1cccc(F)c1)c1nn2c(c1Br)CCCC2. The Morgan fingerprint density at radius 3 is 3.00 bits per heavy atom. The van der Waals surface area contributed by atoms with Gasteiger partial charge >= 0.3 is 0 Å². The zero-order chi connectivity index (χ0) is 14.1. The minimum atomic E-state index is -0.383. The molecule has 1 aliphatic heterocycles. The van der Waals surface area contributed by atoms with Crippen molar-refractivity contribution >= 4 is 27.5 Å². The number of fused-ring (bicyclic) bond motifs is 1. The molecule has 1 aliphatic rings. The van der Waals surface area contributed by atoms with Crippen LogP contribution in [0.2, 0.25) is 0 Å². The van der Waals surface area contributed by atoms with Crippen LogP contribution in [0, 0.1) is 5.82 Å². The van der Waals surface area contributed by atoms with E-state index in [0.29, 0.717) is 11.4 Å². The van der Waals surface area contributed by atoms with E-state index in [1.165, 1.54) is 12.1 Å². The van der Waals surface area contributed by atoms with Crippen LogP contribution in [-0.2, 0) is 13.0 Å². The molecule has 1 aromatic heterocycles. The molecule has 0 radical (unpaired) electrons. The Morgan fingerprint density at radius 1 is 1.40 bits per heavy atom. The molecule has 0 fully saturated rings. The summed E-state index contributed by atoms with van der Waals surface area (Å²) in [5, 5.41) is 7.00. The zero-order valence-corrected chi connectivity index (χ0v) is 12.3. The highest BCUT2D eigenvalue weighted by Crippen LogP contribution is 2.27. The van der Waals surface area contributed by atoms with E-state index in [0.717, 1.165) is 36.0 Å². The van der Waals surface area contributed by atoms with Crippen molar-refractivity contribution in [1.82, 2.24) is 9.78 Å². The van der Waals surface area contributed by atoms with Crippen molar-refractivity contribution in [3.63, 3.8) is 0 Å². The van der Waals surface area contributed by atoms with Gasteiger partial charge in [-0.15, -0.1) is 0 Å². The summed E-state index contributed by atoms with van der Waals surface area (Å²) in [6.45, 7) is 0.835. The number of nitrogens with one attached hydrogen (secondary N) is 1. The summed E-state index contributed by atoms with van der Waals surface area (Å²) < 4.78 is 15.7. The predicted octanol–water partition coefficient (Wildman–Crippen LogP) is 3.37. The lowest BCUT2D eigenvalue weighted by molar-refractivity contribution is 0.102. The summed E-state index contributed by atoms with van der Waals surface area (Å²) in [6, 6.07) is 5.81. The average Bonchev–Trinajstić information content (AvgIpc) is 2.77. The number of hydrogen-bond donors (Lipinski definition) is 1. The molecule has 4 nitrogen and oxygen atoms in total. The Kier molecular flexibility index (Phi) is 3.56. The summed E-state index contributed by atoms with van der Waals surface area (Å²) in [7, 11) is 0. The van der Waals surface area contributed by atoms with Gasteiger partial charge in [-0.05, 0) is 53.4 Å². The van der Waals surface area contributed by atoms with Crippen molar-refractivity contribution in [3.8, 4) is 0 Å². The number of carbonyl (C=O) groups excluding carboxylic acids is 1. The summed E-state index contributed by atoms with van der Waals surface area (Å²) in [5.41, 5.74) is 1.83. The van der Waals surface area contributed by atoms with Gasteiger partial charge in [0.1, 0.15) is 5.82 Å². The minimum Gasteiger partial charge on any atom is -0.320 e. The number of halogens is 2. The highest BCUT2D eigenvalue weighted by molar-refractivity contribution is 9.10. The molecule has 1 aromatic carbocycles. The van der Waals surface area contributed by atoms with E-state index in [1.807, 2.05) is 4.68 Å². The molecule has 3 rings (SSSR count). The van der Waals surface area contributed by atoms with Crippen LogP contribution in [-0.4, -0.2) is 15.7 Å². The first-order valence-corrected chi connectivity index (χ1v) is 7.26. The van der Waals surface area contributed by atoms with E-state index >= 15 is 0 Å². The molecule has 6 heteroatoms. The van der Waals surface area contributed by atoms with Gasteiger partial charge in [0.2, 0.25) is 0 Å². The van der Waals surface area contributed by atoms with Gasteiger partial charge in [-0.2, -0.15) is 5.10 Å². The van der Waals surface area contributed by atoms with Gasteiger partial charge < -0.3 is 5.32 Å². The van der Waals surface area contributed by atoms with Crippen LogP contribution in [0.3, 0.4) is 0 Å². The normalized spacial score (nSPS) is 13.9. The molecular weight excluding hydrogens is 325 g/mol. The van der Waals surface area contributed by atoms with Gasteiger partial charge in [-0.3, -0.25) is 9.48 Å². The molecule has 2 heterocycles. The van der Waals surface area contributed by atoms with Gasteiger partial charge in [-0.25, -0.2) is 4.39 Å². The fourth-order valence-electron chi connectivity index (χ4n) is 2.35. The highest BCUT2D eigenvalue weighted by Gasteiger charge is 2.23. The third kappa shape index (κ3) is 2.47. The summed E-state index contributed by atoms with van der Waals surface area (Å²) >= 11 is 3.45. The van der Waals surface area contributed by atoms with Gasteiger partial charge in [0.05, 0.1) is 10.2 Å². The van der Waals surface area contributed by atoms with E-state index in [9.17, 15) is 9.18 Å². The topological polar surface area (TPSA) is 46.9 Å². The number of aromatic nitrogens is 2. The van der Waals surface area contributed by atoms with Gasteiger partial charge in [0, 0.05) is 12.2 Å². The molecule has 2 aromatic rings. The second kappa shape index (κ2) is 5.36. The third-order valence-electron chi connectivity index (χ3n) is 3.32. The summed E-state index contributed by atoms with van der Waals surface area (Å²) in [4.78, 5) is 12.2. The molecule has 0 saturated heterocycles. The Hall–Kier alpha value is -1.69. The first kappa shape index (κ1) is 13.3. The standard InChI is InChI=1S/C14H13BrFN3O/c15-12-11-6-1-2-7-19(11)18-13(12)14(20)17-10-5-3-4-9(16)8-10/h3-5,8H,1-2,6-7H2,(H,17,20). The number of nitrogens with zero attached hydrogens (tertiary/aromatic N) is 2. The van der Waals surface area contributed by atoms with Gasteiger partial charge in [0.15, 0.2) is 5.69 Å². The third-order valence-corrected chi connectivity index (χ3v) is 4.16. The number of carbonyl (C=O) groups is 1. The second-order valence-corrected chi connectivity index (χ2v) is 5.55. The monoisotopic (exact) mass is 337 g/mol. The fraction of sp³-hybridized carbons (Fsp3) is 0.286. The highest BCUT2D eigenvalue weighted by atomic mass is 79.9. The van der Waals surface area contributed by atoms with E-state index in [2.05, 4.69) is 26.3 Å². The maximum atomic E-state index is 13.1. The maximum absolute atomic E-state index is 13.1. The van der Waals surface area contributed by atoms with Gasteiger partial charge in [-0.1, -0.05) is 6.07 Å².